The van der Waals surface area contributed by atoms with Crippen LogP contribution in [-0.4, -0.2) is 45.3 Å². The maximum atomic E-state index is 13.5. The number of carbonyl (C=O) groups is 1. The van der Waals surface area contributed by atoms with Crippen molar-refractivity contribution in [2.75, 3.05) is 25.0 Å². The molecule has 2 heterocycles. The Bertz CT molecular complexity index is 1280. The lowest BCUT2D eigenvalue weighted by Gasteiger charge is -2.28. The fourth-order valence-corrected chi connectivity index (χ4v) is 4.02. The van der Waals surface area contributed by atoms with Gasteiger partial charge < -0.3 is 20.1 Å². The molecule has 11 heteroatoms. The number of amides is 1. The van der Waals surface area contributed by atoms with Crippen LogP contribution in [0.2, 0.25) is 0 Å². The number of hydrogen-bond acceptors (Lipinski definition) is 6. The number of benzene rings is 2. The zero-order chi connectivity index (χ0) is 26.4. The highest BCUT2D eigenvalue weighted by atomic mass is 19.4. The Morgan fingerprint density at radius 2 is 1.81 bits per heavy atom. The minimum atomic E-state index is -4.46. The number of aliphatic hydroxyl groups is 1. The summed E-state index contributed by atoms with van der Waals surface area (Å²) in [4.78, 5) is 32.2. The number of aliphatic hydroxyl groups excluding tert-OH is 1. The minimum Gasteiger partial charge on any atom is -0.445 e. The summed E-state index contributed by atoms with van der Waals surface area (Å²) in [7, 11) is 0. The number of nitrogens with zero attached hydrogens (tertiary/aromatic N) is 3. The van der Waals surface area contributed by atoms with Gasteiger partial charge in [0.25, 0.3) is 5.56 Å². The van der Waals surface area contributed by atoms with E-state index in [1.54, 1.807) is 0 Å². The smallest absolute Gasteiger partial charge is 0.416 e. The zero-order valence-electron chi connectivity index (χ0n) is 20.0. The highest BCUT2D eigenvalue weighted by Crippen LogP contribution is 2.29. The van der Waals surface area contributed by atoms with E-state index >= 15 is 0 Å². The fraction of sp³-hybridized carbons (Fsp3) is 0.346. The fourth-order valence-electron chi connectivity index (χ4n) is 4.02. The monoisotopic (exact) mass is 516 g/mol. The molecule has 0 saturated heterocycles. The average molecular weight is 517 g/mol. The summed E-state index contributed by atoms with van der Waals surface area (Å²) in [5, 5.41) is 12.2. The van der Waals surface area contributed by atoms with Crippen LogP contribution in [-0.2, 0) is 37.0 Å². The van der Waals surface area contributed by atoms with E-state index in [4.69, 9.17) is 9.84 Å². The molecule has 3 aromatic rings. The number of fused-ring (bicyclic) bond motifs is 1. The van der Waals surface area contributed by atoms with E-state index in [2.05, 4.69) is 10.3 Å². The van der Waals surface area contributed by atoms with E-state index in [9.17, 15) is 22.8 Å². The SMILES string of the molecule is O=C(OCc1ccccc1)N1CCc2nc(NCCCO)n(Cc3ccc(C(F)(F)F)cc3)c(=O)c2C1. The quantitative estimate of drug-likeness (QED) is 0.442. The maximum absolute atomic E-state index is 13.5. The molecule has 196 valence electrons. The lowest BCUT2D eigenvalue weighted by atomic mass is 10.1. The third-order valence-electron chi connectivity index (χ3n) is 6.02. The number of rotatable bonds is 8. The standard InChI is InChI=1S/C26H27F3N4O4/c27-26(28,29)20-9-7-18(8-10-20)15-33-23(35)21-16-32(25(36)37-17-19-5-2-1-3-6-19)13-11-22(21)31-24(33)30-12-4-14-34/h1-3,5-10,34H,4,11-17H2,(H,30,31). The normalized spacial score (nSPS) is 13.2. The van der Waals surface area contributed by atoms with E-state index in [0.29, 0.717) is 42.8 Å². The van der Waals surface area contributed by atoms with E-state index in [0.717, 1.165) is 17.7 Å². The molecule has 8 nitrogen and oxygen atoms in total. The maximum Gasteiger partial charge on any atom is 0.416 e. The molecule has 37 heavy (non-hydrogen) atoms. The first-order valence-corrected chi connectivity index (χ1v) is 11.9. The van der Waals surface area contributed by atoms with Crippen LogP contribution in [0.25, 0.3) is 0 Å². The molecule has 0 atom stereocenters. The number of ether oxygens (including phenoxy) is 1. The largest absolute Gasteiger partial charge is 0.445 e. The predicted octanol–water partition coefficient (Wildman–Crippen LogP) is 3.80. The summed E-state index contributed by atoms with van der Waals surface area (Å²) in [5.74, 6) is 0.261. The van der Waals surface area contributed by atoms with Gasteiger partial charge in [-0.05, 0) is 29.7 Å². The first kappa shape index (κ1) is 26.2. The van der Waals surface area contributed by atoms with Crippen molar-refractivity contribution in [3.8, 4) is 0 Å². The molecule has 4 rings (SSSR count). The molecular formula is C26H27F3N4O4. The molecule has 0 radical (unpaired) electrons. The van der Waals surface area contributed by atoms with Crippen molar-refractivity contribution < 1.29 is 27.8 Å². The zero-order valence-corrected chi connectivity index (χ0v) is 20.0. The van der Waals surface area contributed by atoms with Crippen LogP contribution in [0.1, 0.15) is 34.4 Å². The van der Waals surface area contributed by atoms with Gasteiger partial charge >= 0.3 is 12.3 Å². The second-order valence-corrected chi connectivity index (χ2v) is 8.66. The summed E-state index contributed by atoms with van der Waals surface area (Å²) >= 11 is 0. The van der Waals surface area contributed by atoms with E-state index in [1.807, 2.05) is 30.3 Å². The van der Waals surface area contributed by atoms with Crippen molar-refractivity contribution >= 4 is 12.0 Å². The second-order valence-electron chi connectivity index (χ2n) is 8.66. The van der Waals surface area contributed by atoms with Gasteiger partial charge in [-0.15, -0.1) is 0 Å². The van der Waals surface area contributed by atoms with Crippen LogP contribution in [0.5, 0.6) is 0 Å². The van der Waals surface area contributed by atoms with Crippen molar-refractivity contribution in [3.63, 3.8) is 0 Å². The molecule has 2 aromatic carbocycles. The summed E-state index contributed by atoms with van der Waals surface area (Å²) < 4.78 is 45.6. The van der Waals surface area contributed by atoms with Gasteiger partial charge in [0.05, 0.1) is 29.9 Å². The number of carbonyl (C=O) groups excluding carboxylic acids is 1. The van der Waals surface area contributed by atoms with Crippen LogP contribution in [0.4, 0.5) is 23.9 Å². The third-order valence-corrected chi connectivity index (χ3v) is 6.02. The Balaban J connectivity index is 1.57. The molecule has 2 N–H and O–H groups in total. The Kier molecular flexibility index (Phi) is 8.12. The molecule has 1 aliphatic rings. The number of nitrogens with one attached hydrogen (secondary N) is 1. The van der Waals surface area contributed by atoms with Gasteiger partial charge in [-0.1, -0.05) is 42.5 Å². The van der Waals surface area contributed by atoms with Gasteiger partial charge in [0.15, 0.2) is 0 Å². The van der Waals surface area contributed by atoms with Gasteiger partial charge in [0.2, 0.25) is 5.95 Å². The van der Waals surface area contributed by atoms with Crippen molar-refractivity contribution in [2.24, 2.45) is 0 Å². The van der Waals surface area contributed by atoms with Crippen LogP contribution in [0.15, 0.2) is 59.4 Å². The van der Waals surface area contributed by atoms with Crippen LogP contribution in [0.3, 0.4) is 0 Å². The summed E-state index contributed by atoms with van der Waals surface area (Å²) in [6, 6.07) is 13.8. The minimum absolute atomic E-state index is 0.0126. The number of aromatic nitrogens is 2. The Morgan fingerprint density at radius 3 is 2.49 bits per heavy atom. The molecule has 0 bridgehead atoms. The summed E-state index contributed by atoms with van der Waals surface area (Å²) in [6.07, 6.45) is -4.23. The number of hydrogen-bond donors (Lipinski definition) is 2. The lowest BCUT2D eigenvalue weighted by molar-refractivity contribution is -0.137. The van der Waals surface area contributed by atoms with Crippen LogP contribution >= 0.6 is 0 Å². The predicted molar refractivity (Wildman–Crippen MR) is 130 cm³/mol. The van der Waals surface area contributed by atoms with Crippen LogP contribution in [0, 0.1) is 0 Å². The Labute approximate surface area is 211 Å². The molecular weight excluding hydrogens is 489 g/mol. The Morgan fingerprint density at radius 1 is 1.08 bits per heavy atom. The number of halogens is 3. The van der Waals surface area contributed by atoms with Crippen molar-refractivity contribution in [3.05, 3.63) is 92.9 Å². The molecule has 0 saturated carbocycles. The van der Waals surface area contributed by atoms with Crippen molar-refractivity contribution in [1.82, 2.24) is 14.5 Å². The molecule has 0 aliphatic carbocycles. The lowest BCUT2D eigenvalue weighted by Crippen LogP contribution is -2.42. The van der Waals surface area contributed by atoms with Crippen molar-refractivity contribution in [2.45, 2.75) is 38.7 Å². The average Bonchev–Trinajstić information content (AvgIpc) is 2.89. The molecule has 0 spiro atoms. The number of alkyl halides is 3. The molecule has 1 amide bonds. The molecule has 1 aliphatic heterocycles. The van der Waals surface area contributed by atoms with E-state index < -0.39 is 23.4 Å². The van der Waals surface area contributed by atoms with Gasteiger partial charge in [0.1, 0.15) is 6.61 Å². The molecule has 1 aromatic heterocycles. The highest BCUT2D eigenvalue weighted by Gasteiger charge is 2.30. The Hall–Kier alpha value is -3.86. The van der Waals surface area contributed by atoms with Gasteiger partial charge in [-0.25, -0.2) is 9.78 Å². The molecule has 0 unspecified atom stereocenters. The first-order chi connectivity index (χ1) is 17.8. The summed E-state index contributed by atoms with van der Waals surface area (Å²) in [6.45, 7) is 0.725. The van der Waals surface area contributed by atoms with Gasteiger partial charge in [0, 0.05) is 26.1 Å². The number of anilines is 1. The summed E-state index contributed by atoms with van der Waals surface area (Å²) in [5.41, 5.74) is 1.04. The third kappa shape index (κ3) is 6.48. The van der Waals surface area contributed by atoms with Crippen molar-refractivity contribution in [1.29, 1.82) is 0 Å². The first-order valence-electron chi connectivity index (χ1n) is 11.9. The molecule has 0 fully saturated rings. The second kappa shape index (κ2) is 11.5. The van der Waals surface area contributed by atoms with Crippen LogP contribution < -0.4 is 10.9 Å². The topological polar surface area (TPSA) is 96.7 Å². The van der Waals surface area contributed by atoms with Gasteiger partial charge in [-0.3, -0.25) is 9.36 Å². The van der Waals surface area contributed by atoms with E-state index in [1.165, 1.54) is 21.6 Å². The highest BCUT2D eigenvalue weighted by molar-refractivity contribution is 5.68. The van der Waals surface area contributed by atoms with E-state index in [-0.39, 0.29) is 32.3 Å². The van der Waals surface area contributed by atoms with Gasteiger partial charge in [-0.2, -0.15) is 13.2 Å².